The molecule has 2 aliphatic heterocycles. The van der Waals surface area contributed by atoms with E-state index in [4.69, 9.17) is 10.00 Å². The number of hydrogen-bond acceptors (Lipinski definition) is 8. The fourth-order valence-corrected chi connectivity index (χ4v) is 10.3. The Balaban J connectivity index is 0.968. The number of rotatable bonds is 7. The summed E-state index contributed by atoms with van der Waals surface area (Å²) in [5, 5.41) is 14.6. The molecular weight excluding hydrogens is 587 g/mol. The largest absolute Gasteiger partial charge is 0.423 e. The van der Waals surface area contributed by atoms with Gasteiger partial charge in [-0.1, -0.05) is 20.8 Å². The first-order valence-corrected chi connectivity index (χ1v) is 15.8. The molecule has 2 aromatic heterocycles. The maximum absolute atomic E-state index is 14.1. The van der Waals surface area contributed by atoms with Crippen LogP contribution in [0, 0.1) is 51.8 Å². The summed E-state index contributed by atoms with van der Waals surface area (Å²) in [7, 11) is 0. The molecule has 3 saturated carbocycles. The highest BCUT2D eigenvalue weighted by Crippen LogP contribution is 2.88. The summed E-state index contributed by atoms with van der Waals surface area (Å²) in [5.41, 5.74) is -2.52. The lowest BCUT2D eigenvalue weighted by atomic mass is 9.15. The van der Waals surface area contributed by atoms with Crippen LogP contribution in [-0.4, -0.2) is 78.0 Å². The number of halogens is 3. The molecule has 45 heavy (non-hydrogen) atoms. The van der Waals surface area contributed by atoms with Crippen LogP contribution >= 0.6 is 0 Å². The van der Waals surface area contributed by atoms with E-state index in [1.54, 1.807) is 17.2 Å². The van der Waals surface area contributed by atoms with Crippen molar-refractivity contribution in [3.8, 4) is 6.07 Å². The number of piperazine rings is 1. The number of alkyl halides is 3. The van der Waals surface area contributed by atoms with Gasteiger partial charge in [0.15, 0.2) is 0 Å². The second-order valence-corrected chi connectivity index (χ2v) is 13.9. The van der Waals surface area contributed by atoms with E-state index in [0.717, 1.165) is 12.0 Å². The van der Waals surface area contributed by atoms with Crippen LogP contribution in [0.5, 0.6) is 0 Å². The van der Waals surface area contributed by atoms with Crippen LogP contribution in [0.15, 0.2) is 29.3 Å². The fourth-order valence-electron chi connectivity index (χ4n) is 10.3. The predicted octanol–water partition coefficient (Wildman–Crippen LogP) is 3.54. The van der Waals surface area contributed by atoms with E-state index < -0.39 is 17.3 Å². The number of nitriles is 1. The Morgan fingerprint density at radius 1 is 1.11 bits per heavy atom. The fraction of sp³-hybridized carbons (Fsp3) is 0.656. The summed E-state index contributed by atoms with van der Waals surface area (Å²) in [4.78, 5) is 36.3. The molecule has 13 heteroatoms. The van der Waals surface area contributed by atoms with Gasteiger partial charge >= 0.3 is 6.18 Å². The number of aromatic nitrogens is 3. The molecule has 4 unspecified atom stereocenters. The monoisotopic (exact) mass is 625 g/mol. The third-order valence-electron chi connectivity index (χ3n) is 12.1. The van der Waals surface area contributed by atoms with Gasteiger partial charge in [-0.15, -0.1) is 0 Å². The summed E-state index contributed by atoms with van der Waals surface area (Å²) in [5.74, 6) is 2.63. The van der Waals surface area contributed by atoms with Crippen LogP contribution in [-0.2, 0) is 15.7 Å². The van der Waals surface area contributed by atoms with Crippen LogP contribution in [0.2, 0.25) is 0 Å². The number of hydrogen-bond donors (Lipinski definition) is 1. The number of nitrogens with one attached hydrogen (secondary N) is 1. The zero-order valence-electron chi connectivity index (χ0n) is 25.7. The number of carbonyl (C=O) groups is 1. The SMILES string of the molecule is CC1C2C3C(C(C)C13C(=O)N1CCN(c3ccc(C#N)cn3)CC1)C2(C)COC[C@@H]1CCCN1c1cn[nH]c(=O)c1C(F)(F)F. The van der Waals surface area contributed by atoms with E-state index in [-0.39, 0.29) is 46.9 Å². The molecule has 3 aliphatic carbocycles. The van der Waals surface area contributed by atoms with E-state index >= 15 is 0 Å². The molecule has 2 aromatic rings. The Morgan fingerprint density at radius 2 is 1.82 bits per heavy atom. The maximum atomic E-state index is 14.1. The third kappa shape index (κ3) is 4.16. The second kappa shape index (κ2) is 10.4. The van der Waals surface area contributed by atoms with Crippen molar-refractivity contribution >= 4 is 17.4 Å². The van der Waals surface area contributed by atoms with Gasteiger partial charge in [-0.2, -0.15) is 23.5 Å². The van der Waals surface area contributed by atoms with E-state index in [0.29, 0.717) is 75.5 Å². The molecule has 0 radical (unpaired) electrons. The number of amides is 1. The molecule has 0 spiro atoms. The van der Waals surface area contributed by atoms with Crippen LogP contribution in [0.1, 0.15) is 44.7 Å². The quantitative estimate of drug-likeness (QED) is 0.497. The molecule has 1 amide bonds. The minimum absolute atomic E-state index is 0.0858. The average Bonchev–Trinajstić information content (AvgIpc) is 3.48. The van der Waals surface area contributed by atoms with Crippen molar-refractivity contribution in [1.29, 1.82) is 5.26 Å². The number of H-pyrrole nitrogens is 1. The Kier molecular flexibility index (Phi) is 6.96. The molecule has 2 saturated heterocycles. The Morgan fingerprint density at radius 3 is 2.42 bits per heavy atom. The number of pyridine rings is 1. The highest BCUT2D eigenvalue weighted by Gasteiger charge is 2.89. The summed E-state index contributed by atoms with van der Waals surface area (Å²) in [6, 6.07) is 5.43. The Bertz CT molecular complexity index is 1550. The molecule has 4 heterocycles. The van der Waals surface area contributed by atoms with Gasteiger partial charge in [-0.25, -0.2) is 10.1 Å². The molecule has 240 valence electrons. The number of carbonyl (C=O) groups excluding carboxylic acids is 1. The lowest BCUT2D eigenvalue weighted by Gasteiger charge is -2.88. The standard InChI is InChI=1S/C32H38F3N7O3/c1-18-24-27-25(19(2)31(18,27)29(44)41-11-9-40(10-12-41)23-7-6-20(13-36)14-37-23)30(24,3)17-45-16-21-5-4-8-42(21)22-15-38-39-28(43)26(22)32(33,34)35/h6-7,14-15,18-19,21,24-25,27H,4-5,8-12,16-17H2,1-3H3,(H,39,43)/t18?,19?,21-,24?,25?,27?,30?,31?/m0/s1. The third-order valence-corrected chi connectivity index (χ3v) is 12.1. The molecule has 5 fully saturated rings. The number of aromatic amines is 1. The maximum Gasteiger partial charge on any atom is 0.423 e. The van der Waals surface area contributed by atoms with Gasteiger partial charge in [0.1, 0.15) is 17.5 Å². The first-order valence-electron chi connectivity index (χ1n) is 15.8. The first-order chi connectivity index (χ1) is 21.4. The predicted molar refractivity (Wildman–Crippen MR) is 158 cm³/mol. The van der Waals surface area contributed by atoms with Crippen molar-refractivity contribution in [2.24, 2.45) is 40.4 Å². The first kappa shape index (κ1) is 30.0. The minimum Gasteiger partial charge on any atom is -0.379 e. The van der Waals surface area contributed by atoms with Gasteiger partial charge in [0, 0.05) is 38.9 Å². The normalized spacial score (nSPS) is 35.2. The van der Waals surface area contributed by atoms with Gasteiger partial charge in [0.2, 0.25) is 5.91 Å². The topological polar surface area (TPSA) is 118 Å². The lowest BCUT2D eigenvalue weighted by molar-refractivity contribution is -0.417. The van der Waals surface area contributed by atoms with Crippen molar-refractivity contribution in [1.82, 2.24) is 20.1 Å². The van der Waals surface area contributed by atoms with E-state index in [1.807, 2.05) is 16.1 Å². The highest BCUT2D eigenvalue weighted by molar-refractivity contribution is 5.88. The molecule has 0 bridgehead atoms. The van der Waals surface area contributed by atoms with Gasteiger partial charge in [-0.3, -0.25) is 9.59 Å². The molecule has 5 atom stereocenters. The zero-order valence-corrected chi connectivity index (χ0v) is 25.7. The molecule has 1 N–H and O–H groups in total. The van der Waals surface area contributed by atoms with Crippen LogP contribution in [0.4, 0.5) is 24.7 Å². The van der Waals surface area contributed by atoms with E-state index in [9.17, 15) is 22.8 Å². The number of ether oxygens (including phenoxy) is 1. The summed E-state index contributed by atoms with van der Waals surface area (Å²) < 4.78 is 47.5. The van der Waals surface area contributed by atoms with Gasteiger partial charge < -0.3 is 19.4 Å². The molecule has 0 aromatic carbocycles. The van der Waals surface area contributed by atoms with Gasteiger partial charge in [0.25, 0.3) is 5.56 Å². The van der Waals surface area contributed by atoms with Crippen molar-refractivity contribution < 1.29 is 22.7 Å². The van der Waals surface area contributed by atoms with Crippen LogP contribution < -0.4 is 15.4 Å². The van der Waals surface area contributed by atoms with Crippen molar-refractivity contribution in [3.63, 3.8) is 0 Å². The number of nitrogens with zero attached hydrogens (tertiary/aromatic N) is 6. The molecule has 5 aliphatic rings. The number of anilines is 2. The Labute approximate surface area is 259 Å². The molecular formula is C32H38F3N7O3. The minimum atomic E-state index is -4.78. The smallest absolute Gasteiger partial charge is 0.379 e. The lowest BCUT2D eigenvalue weighted by Crippen LogP contribution is -2.90. The summed E-state index contributed by atoms with van der Waals surface area (Å²) >= 11 is 0. The van der Waals surface area contributed by atoms with Gasteiger partial charge in [0.05, 0.1) is 42.1 Å². The van der Waals surface area contributed by atoms with E-state index in [2.05, 4.69) is 41.8 Å². The van der Waals surface area contributed by atoms with Crippen LogP contribution in [0.3, 0.4) is 0 Å². The zero-order chi connectivity index (χ0) is 31.9. The summed E-state index contributed by atoms with van der Waals surface area (Å²) in [6.07, 6.45) is -0.734. The van der Waals surface area contributed by atoms with Crippen LogP contribution in [0.25, 0.3) is 0 Å². The molecule has 7 rings (SSSR count). The van der Waals surface area contributed by atoms with Gasteiger partial charge in [-0.05, 0) is 60.0 Å². The average molecular weight is 626 g/mol. The summed E-state index contributed by atoms with van der Waals surface area (Å²) in [6.45, 7) is 10.5. The van der Waals surface area contributed by atoms with Crippen molar-refractivity contribution in [2.45, 2.75) is 45.8 Å². The van der Waals surface area contributed by atoms with E-state index in [1.165, 1.54) is 0 Å². The second-order valence-electron chi connectivity index (χ2n) is 13.9. The van der Waals surface area contributed by atoms with Crippen molar-refractivity contribution in [3.05, 3.63) is 46.0 Å². The molecule has 10 nitrogen and oxygen atoms in total. The van der Waals surface area contributed by atoms with Crippen molar-refractivity contribution in [2.75, 3.05) is 55.7 Å². The highest BCUT2D eigenvalue weighted by atomic mass is 19.4. The Hall–Kier alpha value is -3.66.